The highest BCUT2D eigenvalue weighted by molar-refractivity contribution is 6.46. The van der Waals surface area contributed by atoms with Crippen molar-refractivity contribution in [2.45, 2.75) is 19.6 Å². The van der Waals surface area contributed by atoms with Gasteiger partial charge in [0.25, 0.3) is 11.7 Å². The first-order valence-electron chi connectivity index (χ1n) is 12.0. The number of aryl methyl sites for hydroxylation is 1. The molecule has 4 aromatic rings. The Morgan fingerprint density at radius 3 is 2.46 bits per heavy atom. The van der Waals surface area contributed by atoms with Gasteiger partial charge in [-0.25, -0.2) is 4.98 Å². The van der Waals surface area contributed by atoms with Gasteiger partial charge in [-0.3, -0.25) is 14.0 Å². The second-order valence-electron chi connectivity index (χ2n) is 8.80. The molecule has 1 N–H and O–H groups in total. The number of aromatic nitrogens is 2. The van der Waals surface area contributed by atoms with Crippen molar-refractivity contribution in [3.8, 4) is 5.75 Å². The lowest BCUT2D eigenvalue weighted by Crippen LogP contribution is -2.32. The first-order chi connectivity index (χ1) is 18.0. The van der Waals surface area contributed by atoms with Crippen LogP contribution in [0.1, 0.15) is 28.6 Å². The third-order valence-electron chi connectivity index (χ3n) is 6.45. The van der Waals surface area contributed by atoms with E-state index >= 15 is 0 Å². The molecule has 1 aliphatic heterocycles. The zero-order valence-corrected chi connectivity index (χ0v) is 20.6. The molecule has 8 heteroatoms. The van der Waals surface area contributed by atoms with Crippen LogP contribution in [0, 0.1) is 6.92 Å². The zero-order chi connectivity index (χ0) is 25.9. The molecule has 5 rings (SSSR count). The van der Waals surface area contributed by atoms with Crippen molar-refractivity contribution in [3.63, 3.8) is 0 Å². The van der Waals surface area contributed by atoms with Gasteiger partial charge in [0.2, 0.25) is 0 Å². The van der Waals surface area contributed by atoms with Gasteiger partial charge < -0.3 is 19.5 Å². The smallest absolute Gasteiger partial charge is 0.295 e. The minimum Gasteiger partial charge on any atom is -0.505 e. The van der Waals surface area contributed by atoms with E-state index in [-0.39, 0.29) is 24.5 Å². The van der Waals surface area contributed by atoms with Gasteiger partial charge in [-0.1, -0.05) is 48.5 Å². The van der Waals surface area contributed by atoms with Crippen molar-refractivity contribution in [2.24, 2.45) is 0 Å². The number of Topliss-reactive ketones (excluding diaryl/α,β-unsaturated/α-hetero) is 1. The van der Waals surface area contributed by atoms with E-state index in [2.05, 4.69) is 4.98 Å². The van der Waals surface area contributed by atoms with Gasteiger partial charge in [0.15, 0.2) is 5.76 Å². The monoisotopic (exact) mass is 497 g/mol. The summed E-state index contributed by atoms with van der Waals surface area (Å²) in [6.07, 6.45) is 1.76. The van der Waals surface area contributed by atoms with Crippen LogP contribution in [0.3, 0.4) is 0 Å². The van der Waals surface area contributed by atoms with Crippen molar-refractivity contribution in [1.82, 2.24) is 14.3 Å². The first-order valence-corrected chi connectivity index (χ1v) is 12.0. The maximum Gasteiger partial charge on any atom is 0.295 e. The van der Waals surface area contributed by atoms with Crippen molar-refractivity contribution in [2.75, 3.05) is 20.3 Å². The average molecular weight is 498 g/mol. The van der Waals surface area contributed by atoms with E-state index in [1.807, 2.05) is 60.7 Å². The van der Waals surface area contributed by atoms with Gasteiger partial charge in [0.1, 0.15) is 23.7 Å². The number of aliphatic hydroxyl groups is 1. The van der Waals surface area contributed by atoms with Crippen LogP contribution in [0.5, 0.6) is 5.75 Å². The molecule has 0 bridgehead atoms. The van der Waals surface area contributed by atoms with E-state index in [4.69, 9.17) is 9.47 Å². The average Bonchev–Trinajstić information content (AvgIpc) is 3.39. The molecular weight excluding hydrogens is 470 g/mol. The number of fused-ring (bicyclic) bond motifs is 1. The molecule has 1 aliphatic rings. The number of aliphatic hydroxyl groups excluding tert-OH is 1. The van der Waals surface area contributed by atoms with Crippen LogP contribution in [0.25, 0.3) is 11.4 Å². The first kappa shape index (κ1) is 24.3. The molecule has 1 atom stereocenters. The summed E-state index contributed by atoms with van der Waals surface area (Å²) >= 11 is 0. The molecule has 2 aromatic carbocycles. The zero-order valence-electron chi connectivity index (χ0n) is 20.6. The second-order valence-corrected chi connectivity index (χ2v) is 8.80. The normalized spacial score (nSPS) is 17.0. The summed E-state index contributed by atoms with van der Waals surface area (Å²) in [5, 5.41) is 11.5. The lowest BCUT2D eigenvalue weighted by Gasteiger charge is -2.25. The molecule has 1 amide bonds. The predicted molar refractivity (Wildman–Crippen MR) is 138 cm³/mol. The van der Waals surface area contributed by atoms with Crippen molar-refractivity contribution < 1.29 is 24.2 Å². The van der Waals surface area contributed by atoms with E-state index in [0.29, 0.717) is 35.0 Å². The Morgan fingerprint density at radius 2 is 1.73 bits per heavy atom. The molecule has 3 heterocycles. The number of carbonyl (C=O) groups excluding carboxylic acids is 2. The van der Waals surface area contributed by atoms with Gasteiger partial charge in [-0.15, -0.1) is 0 Å². The van der Waals surface area contributed by atoms with Crippen LogP contribution in [0.2, 0.25) is 0 Å². The van der Waals surface area contributed by atoms with Crippen molar-refractivity contribution in [1.29, 1.82) is 0 Å². The number of rotatable bonds is 8. The second kappa shape index (κ2) is 10.3. The van der Waals surface area contributed by atoms with Gasteiger partial charge in [0, 0.05) is 19.9 Å². The molecule has 0 radical (unpaired) electrons. The van der Waals surface area contributed by atoms with Crippen LogP contribution < -0.4 is 4.74 Å². The molecular formula is C29H27N3O5. The number of nitrogens with zero attached hydrogens (tertiary/aromatic N) is 3. The molecule has 0 saturated carbocycles. The lowest BCUT2D eigenvalue weighted by atomic mass is 9.96. The summed E-state index contributed by atoms with van der Waals surface area (Å²) in [4.78, 5) is 32.3. The van der Waals surface area contributed by atoms with Crippen LogP contribution >= 0.6 is 0 Å². The third kappa shape index (κ3) is 4.59. The maximum atomic E-state index is 13.3. The van der Waals surface area contributed by atoms with Gasteiger partial charge >= 0.3 is 0 Å². The van der Waals surface area contributed by atoms with Crippen LogP contribution in [0.15, 0.2) is 84.6 Å². The van der Waals surface area contributed by atoms with Crippen LogP contribution in [0.4, 0.5) is 0 Å². The van der Waals surface area contributed by atoms with Gasteiger partial charge in [-0.05, 0) is 42.3 Å². The number of methoxy groups -OCH3 is 1. The predicted octanol–water partition coefficient (Wildman–Crippen LogP) is 4.29. The summed E-state index contributed by atoms with van der Waals surface area (Å²) in [5.41, 5.74) is 3.31. The molecule has 188 valence electrons. The molecule has 1 unspecified atom stereocenters. The number of ketones is 1. The minimum absolute atomic E-state index is 0.0211. The van der Waals surface area contributed by atoms with Crippen molar-refractivity contribution >= 4 is 23.1 Å². The quantitative estimate of drug-likeness (QED) is 0.222. The van der Waals surface area contributed by atoms with Gasteiger partial charge in [0.05, 0.1) is 23.9 Å². The number of carbonyl (C=O) groups is 2. The number of amides is 1. The summed E-state index contributed by atoms with van der Waals surface area (Å²) in [6, 6.07) is 21.7. The highest BCUT2D eigenvalue weighted by atomic mass is 16.5. The Bertz CT molecular complexity index is 1470. The molecule has 2 aromatic heterocycles. The number of ether oxygens (including phenoxy) is 2. The number of benzene rings is 2. The number of hydrogen-bond donors (Lipinski definition) is 1. The SMILES string of the molecule is COCCN1C(=O)C(=O)/C(=C(/O)c2c(C)nc3ccccn23)C1c1ccc(OCc2ccccc2)cc1. The maximum absolute atomic E-state index is 13.3. The summed E-state index contributed by atoms with van der Waals surface area (Å²) in [6.45, 7) is 2.62. The highest BCUT2D eigenvalue weighted by Gasteiger charge is 2.46. The highest BCUT2D eigenvalue weighted by Crippen LogP contribution is 2.40. The summed E-state index contributed by atoms with van der Waals surface area (Å²) in [7, 11) is 1.53. The largest absolute Gasteiger partial charge is 0.505 e. The van der Waals surface area contributed by atoms with Crippen LogP contribution in [-0.4, -0.2) is 51.3 Å². The Morgan fingerprint density at radius 1 is 1.00 bits per heavy atom. The number of likely N-dealkylation sites (tertiary alicyclic amines) is 1. The lowest BCUT2D eigenvalue weighted by molar-refractivity contribution is -0.140. The van der Waals surface area contributed by atoms with Crippen molar-refractivity contribution in [3.05, 3.63) is 107 Å². The van der Waals surface area contributed by atoms with E-state index in [1.54, 1.807) is 29.7 Å². The Kier molecular flexibility index (Phi) is 6.74. The minimum atomic E-state index is -0.785. The third-order valence-corrected chi connectivity index (χ3v) is 6.45. The summed E-state index contributed by atoms with van der Waals surface area (Å²) in [5.74, 6) is -1.03. The molecule has 1 fully saturated rings. The Labute approximate surface area is 214 Å². The molecule has 1 saturated heterocycles. The van der Waals surface area contributed by atoms with Crippen LogP contribution in [-0.2, 0) is 20.9 Å². The fourth-order valence-electron chi connectivity index (χ4n) is 4.66. The Balaban J connectivity index is 1.54. The fraction of sp³-hybridized carbons (Fsp3) is 0.207. The molecule has 0 aliphatic carbocycles. The molecule has 8 nitrogen and oxygen atoms in total. The fourth-order valence-corrected chi connectivity index (χ4v) is 4.66. The van der Waals surface area contributed by atoms with E-state index in [0.717, 1.165) is 5.56 Å². The van der Waals surface area contributed by atoms with E-state index in [9.17, 15) is 14.7 Å². The van der Waals surface area contributed by atoms with E-state index in [1.165, 1.54) is 12.0 Å². The van der Waals surface area contributed by atoms with E-state index < -0.39 is 17.7 Å². The molecule has 0 spiro atoms. The number of hydrogen-bond acceptors (Lipinski definition) is 6. The van der Waals surface area contributed by atoms with Gasteiger partial charge in [-0.2, -0.15) is 0 Å². The molecule has 37 heavy (non-hydrogen) atoms. The Hall–Kier alpha value is -4.43. The standard InChI is InChI=1S/C29H27N3O5/c1-19-25(31-15-7-6-10-23(31)30-19)27(33)24-26(32(16-17-36-2)29(35)28(24)34)21-11-13-22(14-12-21)37-18-20-8-4-3-5-9-20/h3-15,26,33H,16-18H2,1-2H3/b27-24+. The number of imidazole rings is 1. The number of pyridine rings is 1. The summed E-state index contributed by atoms with van der Waals surface area (Å²) < 4.78 is 12.8. The topological polar surface area (TPSA) is 93.4 Å².